The van der Waals surface area contributed by atoms with Gasteiger partial charge in [-0.15, -0.1) is 0 Å². The van der Waals surface area contributed by atoms with E-state index in [1.165, 1.54) is 0 Å². The van der Waals surface area contributed by atoms with Crippen LogP contribution in [-0.4, -0.2) is 23.6 Å². The number of carbonyl (C=O) groups excluding carboxylic acids is 1. The molecule has 1 spiro atoms. The van der Waals surface area contributed by atoms with Crippen molar-refractivity contribution in [3.8, 4) is 0 Å². The van der Waals surface area contributed by atoms with Crippen molar-refractivity contribution in [1.29, 1.82) is 0 Å². The van der Waals surface area contributed by atoms with Gasteiger partial charge in [0.15, 0.2) is 0 Å². The van der Waals surface area contributed by atoms with E-state index in [1.807, 2.05) is 0 Å². The molecule has 4 nitrogen and oxygen atoms in total. The zero-order chi connectivity index (χ0) is 12.0. The number of amidine groups is 1. The zero-order valence-electron chi connectivity index (χ0n) is 8.47. The van der Waals surface area contributed by atoms with Crippen LogP contribution in [-0.2, 0) is 0 Å². The van der Waals surface area contributed by atoms with Gasteiger partial charge in [-0.2, -0.15) is 18.2 Å². The Bertz CT molecular complexity index is 342. The van der Waals surface area contributed by atoms with Gasteiger partial charge in [0.25, 0.3) is 0 Å². The van der Waals surface area contributed by atoms with Crippen LogP contribution in [0.25, 0.3) is 0 Å². The van der Waals surface area contributed by atoms with Crippen LogP contribution in [0.2, 0.25) is 0 Å². The number of halogens is 3. The van der Waals surface area contributed by atoms with Crippen LogP contribution in [0.1, 0.15) is 25.7 Å². The van der Waals surface area contributed by atoms with Gasteiger partial charge in [0.05, 0.1) is 11.5 Å². The molecule has 0 radical (unpaired) electrons. The van der Waals surface area contributed by atoms with Crippen molar-refractivity contribution < 1.29 is 18.0 Å². The molecule has 0 atom stereocenters. The minimum atomic E-state index is -4.16. The van der Waals surface area contributed by atoms with Crippen molar-refractivity contribution in [2.45, 2.75) is 37.4 Å². The van der Waals surface area contributed by atoms with Crippen molar-refractivity contribution in [3.63, 3.8) is 0 Å². The number of hydrogen-bond acceptors (Lipinski definition) is 2. The topological polar surface area (TPSA) is 67.5 Å². The van der Waals surface area contributed by atoms with Gasteiger partial charge in [-0.3, -0.25) is 0 Å². The Morgan fingerprint density at radius 1 is 1.38 bits per heavy atom. The average Bonchev–Trinajstić information content (AvgIpc) is 2.41. The fourth-order valence-corrected chi connectivity index (χ4v) is 2.33. The summed E-state index contributed by atoms with van der Waals surface area (Å²) in [5, 5.41) is 2.56. The highest BCUT2D eigenvalue weighted by Crippen LogP contribution is 2.42. The molecule has 7 heteroatoms. The number of hydrogen-bond donors (Lipinski definition) is 2. The number of rotatable bonds is 0. The van der Waals surface area contributed by atoms with Crippen LogP contribution in [0, 0.1) is 5.92 Å². The maximum Gasteiger partial charge on any atom is 0.391 e. The number of urea groups is 1. The van der Waals surface area contributed by atoms with E-state index < -0.39 is 23.7 Å². The van der Waals surface area contributed by atoms with Crippen LogP contribution < -0.4 is 11.1 Å². The van der Waals surface area contributed by atoms with Gasteiger partial charge in [0.2, 0.25) is 0 Å². The molecule has 0 aromatic heterocycles. The van der Waals surface area contributed by atoms with Gasteiger partial charge in [0, 0.05) is 0 Å². The van der Waals surface area contributed by atoms with Gasteiger partial charge in [-0.05, 0) is 25.7 Å². The molecule has 0 saturated heterocycles. The third kappa shape index (κ3) is 1.74. The van der Waals surface area contributed by atoms with Crippen LogP contribution in [0.15, 0.2) is 4.99 Å². The third-order valence-electron chi connectivity index (χ3n) is 3.36. The van der Waals surface area contributed by atoms with Gasteiger partial charge in [-0.1, -0.05) is 0 Å². The number of alkyl halides is 3. The monoisotopic (exact) mass is 235 g/mol. The van der Waals surface area contributed by atoms with Crippen LogP contribution >= 0.6 is 0 Å². The molecule has 0 unspecified atom stereocenters. The highest BCUT2D eigenvalue weighted by molar-refractivity contribution is 6.05. The molecular weight excluding hydrogens is 223 g/mol. The van der Waals surface area contributed by atoms with Gasteiger partial charge < -0.3 is 11.1 Å². The summed E-state index contributed by atoms with van der Waals surface area (Å²) < 4.78 is 37.3. The number of nitrogens with two attached hydrogens (primary N) is 1. The van der Waals surface area contributed by atoms with Crippen LogP contribution in [0.5, 0.6) is 0 Å². The number of carbonyl (C=O) groups is 1. The first-order chi connectivity index (χ1) is 7.33. The molecular formula is C9H12F3N3O. The van der Waals surface area contributed by atoms with Gasteiger partial charge in [-0.25, -0.2) is 4.79 Å². The van der Waals surface area contributed by atoms with Crippen molar-refractivity contribution in [1.82, 2.24) is 5.32 Å². The summed E-state index contributed by atoms with van der Waals surface area (Å²) in [5.41, 5.74) is 4.75. The molecule has 2 rings (SSSR count). The van der Waals surface area contributed by atoms with E-state index in [1.54, 1.807) is 0 Å². The molecule has 2 amide bonds. The fraction of sp³-hybridized carbons (Fsp3) is 0.778. The van der Waals surface area contributed by atoms with E-state index in [9.17, 15) is 18.0 Å². The highest BCUT2D eigenvalue weighted by atomic mass is 19.4. The zero-order valence-corrected chi connectivity index (χ0v) is 8.47. The van der Waals surface area contributed by atoms with E-state index in [-0.39, 0.29) is 31.5 Å². The Kier molecular flexibility index (Phi) is 2.36. The molecule has 0 aromatic rings. The number of nitrogens with zero attached hydrogens (tertiary/aromatic N) is 1. The second-order valence-corrected chi connectivity index (χ2v) is 4.33. The first kappa shape index (κ1) is 11.2. The lowest BCUT2D eigenvalue weighted by Crippen LogP contribution is -2.54. The predicted molar refractivity (Wildman–Crippen MR) is 50.9 cm³/mol. The number of amides is 2. The summed E-state index contributed by atoms with van der Waals surface area (Å²) in [7, 11) is 0. The number of aliphatic imine (C=N–C) groups is 1. The van der Waals surface area contributed by atoms with E-state index >= 15 is 0 Å². The molecule has 16 heavy (non-hydrogen) atoms. The van der Waals surface area contributed by atoms with Crippen molar-refractivity contribution in [2.75, 3.05) is 0 Å². The normalized spacial score (nSPS) is 35.1. The Labute approximate surface area is 90.1 Å². The SMILES string of the molecule is NC1=NC(=O)NC12CCC(C(F)(F)F)CC2. The van der Waals surface area contributed by atoms with E-state index in [0.29, 0.717) is 0 Å². The van der Waals surface area contributed by atoms with E-state index in [4.69, 9.17) is 5.73 Å². The summed E-state index contributed by atoms with van der Waals surface area (Å²) in [4.78, 5) is 14.5. The van der Waals surface area contributed by atoms with Crippen LogP contribution in [0.3, 0.4) is 0 Å². The lowest BCUT2D eigenvalue weighted by molar-refractivity contribution is -0.183. The Hall–Kier alpha value is -1.27. The minimum Gasteiger partial charge on any atom is -0.385 e. The van der Waals surface area contributed by atoms with E-state index in [0.717, 1.165) is 0 Å². The maximum atomic E-state index is 12.4. The largest absolute Gasteiger partial charge is 0.391 e. The Morgan fingerprint density at radius 3 is 2.31 bits per heavy atom. The summed E-state index contributed by atoms with van der Waals surface area (Å²) in [5.74, 6) is -1.17. The average molecular weight is 235 g/mol. The maximum absolute atomic E-state index is 12.4. The van der Waals surface area contributed by atoms with Crippen molar-refractivity contribution in [3.05, 3.63) is 0 Å². The molecule has 1 saturated carbocycles. The lowest BCUT2D eigenvalue weighted by atomic mass is 9.76. The predicted octanol–water partition coefficient (Wildman–Crippen LogP) is 1.56. The fourth-order valence-electron chi connectivity index (χ4n) is 2.33. The molecule has 2 aliphatic rings. The quantitative estimate of drug-likeness (QED) is 0.669. The molecule has 1 heterocycles. The molecule has 0 bridgehead atoms. The lowest BCUT2D eigenvalue weighted by Gasteiger charge is -2.37. The Morgan fingerprint density at radius 2 is 1.94 bits per heavy atom. The first-order valence-electron chi connectivity index (χ1n) is 5.07. The first-order valence-corrected chi connectivity index (χ1v) is 5.07. The molecule has 1 fully saturated rings. The second-order valence-electron chi connectivity index (χ2n) is 4.33. The summed E-state index contributed by atoms with van der Waals surface area (Å²) in [6.07, 6.45) is -3.77. The summed E-state index contributed by atoms with van der Waals surface area (Å²) in [6, 6.07) is -0.553. The molecule has 1 aliphatic heterocycles. The van der Waals surface area contributed by atoms with Crippen molar-refractivity contribution in [2.24, 2.45) is 16.6 Å². The number of nitrogens with one attached hydrogen (secondary N) is 1. The Balaban J connectivity index is 2.06. The van der Waals surface area contributed by atoms with Gasteiger partial charge >= 0.3 is 12.2 Å². The standard InChI is InChI=1S/C9H12F3N3O/c10-9(11,12)5-1-3-8(4-2-5)6(13)14-7(16)15-8/h5H,1-4H2,(H3,13,14,15,16). The molecule has 1 aliphatic carbocycles. The summed E-state index contributed by atoms with van der Waals surface area (Å²) in [6.45, 7) is 0. The van der Waals surface area contributed by atoms with E-state index in [2.05, 4.69) is 10.3 Å². The second kappa shape index (κ2) is 3.36. The molecule has 0 aromatic carbocycles. The minimum absolute atomic E-state index is 0.0139. The summed E-state index contributed by atoms with van der Waals surface area (Å²) >= 11 is 0. The third-order valence-corrected chi connectivity index (χ3v) is 3.36. The van der Waals surface area contributed by atoms with Crippen molar-refractivity contribution >= 4 is 11.9 Å². The van der Waals surface area contributed by atoms with Crippen LogP contribution in [0.4, 0.5) is 18.0 Å². The molecule has 3 N–H and O–H groups in total. The smallest absolute Gasteiger partial charge is 0.385 e. The van der Waals surface area contributed by atoms with Gasteiger partial charge in [0.1, 0.15) is 5.84 Å². The molecule has 90 valence electrons. The highest BCUT2D eigenvalue weighted by Gasteiger charge is 2.49.